The number of rotatable bonds is 3. The molecule has 0 aromatic rings. The van der Waals surface area contributed by atoms with Gasteiger partial charge in [0.05, 0.1) is 6.67 Å². The van der Waals surface area contributed by atoms with Gasteiger partial charge < -0.3 is 21.5 Å². The van der Waals surface area contributed by atoms with E-state index in [2.05, 4.69) is 0 Å². The predicted octanol–water partition coefficient (Wildman–Crippen LogP) is -1.82. The summed E-state index contributed by atoms with van der Waals surface area (Å²) >= 11 is 0. The van der Waals surface area contributed by atoms with Crippen molar-refractivity contribution < 1.29 is 9.90 Å². The van der Waals surface area contributed by atoms with Crippen molar-refractivity contribution in [2.24, 2.45) is 11.5 Å². The molecule has 0 aliphatic rings. The molecule has 0 unspecified atom stereocenters. The Morgan fingerprint density at radius 3 is 2.30 bits per heavy atom. The van der Waals surface area contributed by atoms with Crippen molar-refractivity contribution in [3.8, 4) is 0 Å². The number of nitrogens with two attached hydrogens (primary N) is 2. The molecule has 58 valence electrons. The monoisotopic (exact) mass is 146 g/mol. The molecule has 0 fully saturated rings. The molecule has 0 rings (SSSR count). The van der Waals surface area contributed by atoms with Gasteiger partial charge in [-0.05, 0) is 0 Å². The number of hydrogen-bond acceptors (Lipinski definition) is 3. The van der Waals surface area contributed by atoms with Crippen LogP contribution in [0.4, 0.5) is 0 Å². The highest BCUT2D eigenvalue weighted by atomic mass is 16.4. The average molecular weight is 146 g/mol. The van der Waals surface area contributed by atoms with Crippen molar-refractivity contribution in [2.45, 2.75) is 0 Å². The zero-order chi connectivity index (χ0) is 8.15. The number of carbonyl (C=O) groups is 1. The van der Waals surface area contributed by atoms with Crippen LogP contribution >= 0.6 is 0 Å². The van der Waals surface area contributed by atoms with Gasteiger partial charge in [-0.1, -0.05) is 0 Å². The molecule has 6 nitrogen and oxygen atoms in total. The number of carboxylic acids is 1. The first kappa shape index (κ1) is 8.70. The molecule has 10 heavy (non-hydrogen) atoms. The molecule has 0 spiro atoms. The molecule has 6 heteroatoms. The van der Waals surface area contributed by atoms with E-state index in [1.807, 2.05) is 0 Å². The van der Waals surface area contributed by atoms with E-state index in [1.54, 1.807) is 0 Å². The summed E-state index contributed by atoms with van der Waals surface area (Å²) in [5.41, 5.74) is 10.0. The van der Waals surface area contributed by atoms with Crippen LogP contribution in [0.1, 0.15) is 0 Å². The summed E-state index contributed by atoms with van der Waals surface area (Å²) in [6.07, 6.45) is 0. The van der Waals surface area contributed by atoms with Crippen LogP contribution < -0.4 is 11.5 Å². The SMILES string of the molecule is N=C(N)N(CN)CC(=O)O. The summed E-state index contributed by atoms with van der Waals surface area (Å²) in [6, 6.07) is 0. The number of aliphatic carboxylic acids is 1. The van der Waals surface area contributed by atoms with E-state index in [4.69, 9.17) is 22.0 Å². The van der Waals surface area contributed by atoms with Gasteiger partial charge in [-0.15, -0.1) is 0 Å². The number of hydrogen-bond donors (Lipinski definition) is 4. The maximum atomic E-state index is 10.0. The minimum atomic E-state index is -1.05. The fourth-order valence-electron chi connectivity index (χ4n) is 0.411. The molecule has 6 N–H and O–H groups in total. The summed E-state index contributed by atoms with van der Waals surface area (Å²) in [5.74, 6) is -1.38. The fourth-order valence-corrected chi connectivity index (χ4v) is 0.411. The van der Waals surface area contributed by atoms with Gasteiger partial charge in [0.15, 0.2) is 5.96 Å². The van der Waals surface area contributed by atoms with E-state index < -0.39 is 5.97 Å². The van der Waals surface area contributed by atoms with Crippen LogP contribution in [0.5, 0.6) is 0 Å². The van der Waals surface area contributed by atoms with Crippen molar-refractivity contribution in [3.05, 3.63) is 0 Å². The lowest BCUT2D eigenvalue weighted by molar-refractivity contribution is -0.137. The first-order chi connectivity index (χ1) is 4.57. The first-order valence-corrected chi connectivity index (χ1v) is 2.58. The molecule has 0 saturated heterocycles. The van der Waals surface area contributed by atoms with Gasteiger partial charge in [-0.3, -0.25) is 10.2 Å². The van der Waals surface area contributed by atoms with Crippen LogP contribution in [0.25, 0.3) is 0 Å². The van der Waals surface area contributed by atoms with E-state index in [0.29, 0.717) is 0 Å². The predicted molar refractivity (Wildman–Crippen MR) is 35.3 cm³/mol. The maximum absolute atomic E-state index is 10.0. The van der Waals surface area contributed by atoms with Gasteiger partial charge in [-0.25, -0.2) is 0 Å². The Bertz CT molecular complexity index is 146. The highest BCUT2D eigenvalue weighted by Crippen LogP contribution is 1.80. The molecule has 0 amide bonds. The molecule has 0 atom stereocenters. The molecule has 0 aliphatic carbocycles. The lowest BCUT2D eigenvalue weighted by Crippen LogP contribution is -2.43. The van der Waals surface area contributed by atoms with E-state index in [0.717, 1.165) is 4.90 Å². The van der Waals surface area contributed by atoms with E-state index in [1.165, 1.54) is 0 Å². The second kappa shape index (κ2) is 3.67. The van der Waals surface area contributed by atoms with E-state index in [-0.39, 0.29) is 19.2 Å². The Kier molecular flexibility index (Phi) is 3.20. The Morgan fingerprint density at radius 2 is 2.20 bits per heavy atom. The molecular weight excluding hydrogens is 136 g/mol. The summed E-state index contributed by atoms with van der Waals surface area (Å²) in [5, 5.41) is 15.0. The van der Waals surface area contributed by atoms with Crippen molar-refractivity contribution in [1.29, 1.82) is 5.41 Å². The van der Waals surface area contributed by atoms with Crippen molar-refractivity contribution in [3.63, 3.8) is 0 Å². The molecule has 0 saturated carbocycles. The smallest absolute Gasteiger partial charge is 0.323 e. The minimum absolute atomic E-state index is 0.0539. The molecule has 0 heterocycles. The van der Waals surface area contributed by atoms with Crippen molar-refractivity contribution >= 4 is 11.9 Å². The Morgan fingerprint density at radius 1 is 1.70 bits per heavy atom. The second-order valence-corrected chi connectivity index (χ2v) is 1.66. The third-order valence-electron chi connectivity index (χ3n) is 0.887. The highest BCUT2D eigenvalue weighted by molar-refractivity contribution is 5.80. The van der Waals surface area contributed by atoms with Crippen LogP contribution in [0, 0.1) is 5.41 Å². The molecular formula is C4H10N4O2. The Balaban J connectivity index is 3.83. The molecule has 0 aromatic heterocycles. The van der Waals surface area contributed by atoms with Gasteiger partial charge in [0, 0.05) is 0 Å². The normalized spacial score (nSPS) is 8.90. The van der Waals surface area contributed by atoms with Crippen molar-refractivity contribution in [2.75, 3.05) is 13.2 Å². The quantitative estimate of drug-likeness (QED) is 0.212. The van der Waals surface area contributed by atoms with Crippen LogP contribution in [-0.4, -0.2) is 35.1 Å². The third-order valence-corrected chi connectivity index (χ3v) is 0.887. The molecule has 0 aromatic carbocycles. The number of guanidine groups is 1. The molecule has 0 aliphatic heterocycles. The van der Waals surface area contributed by atoms with Crippen LogP contribution in [0.15, 0.2) is 0 Å². The Labute approximate surface area is 57.9 Å². The van der Waals surface area contributed by atoms with Gasteiger partial charge in [0.1, 0.15) is 6.54 Å². The van der Waals surface area contributed by atoms with E-state index >= 15 is 0 Å². The lowest BCUT2D eigenvalue weighted by atomic mass is 10.6. The zero-order valence-electron chi connectivity index (χ0n) is 5.37. The average Bonchev–Trinajstić information content (AvgIpc) is 1.81. The summed E-state index contributed by atoms with van der Waals surface area (Å²) in [7, 11) is 0. The summed E-state index contributed by atoms with van der Waals surface area (Å²) < 4.78 is 0. The van der Waals surface area contributed by atoms with Gasteiger partial charge in [0.2, 0.25) is 0 Å². The first-order valence-electron chi connectivity index (χ1n) is 2.58. The molecule has 0 bridgehead atoms. The van der Waals surface area contributed by atoms with Gasteiger partial charge in [-0.2, -0.15) is 0 Å². The fraction of sp³-hybridized carbons (Fsp3) is 0.500. The van der Waals surface area contributed by atoms with Gasteiger partial charge in [0.25, 0.3) is 0 Å². The number of carboxylic acid groups (broad SMARTS) is 1. The van der Waals surface area contributed by atoms with Crippen molar-refractivity contribution in [1.82, 2.24) is 4.90 Å². The maximum Gasteiger partial charge on any atom is 0.323 e. The Hall–Kier alpha value is -1.30. The third kappa shape index (κ3) is 2.88. The lowest BCUT2D eigenvalue weighted by Gasteiger charge is -2.16. The van der Waals surface area contributed by atoms with Crippen LogP contribution in [0.2, 0.25) is 0 Å². The standard InChI is InChI=1S/C4H10N4O2/c5-2-8(4(6)7)1-3(9)10/h1-2,5H2,(H3,6,7)(H,9,10). The summed E-state index contributed by atoms with van der Waals surface area (Å²) in [4.78, 5) is 11.1. The topological polar surface area (TPSA) is 116 Å². The second-order valence-electron chi connectivity index (χ2n) is 1.66. The minimum Gasteiger partial charge on any atom is -0.480 e. The number of nitrogens with zero attached hydrogens (tertiary/aromatic N) is 1. The van der Waals surface area contributed by atoms with Gasteiger partial charge >= 0.3 is 5.97 Å². The molecule has 0 radical (unpaired) electrons. The number of nitrogens with one attached hydrogen (secondary N) is 1. The van der Waals surface area contributed by atoms with Crippen LogP contribution in [-0.2, 0) is 4.79 Å². The zero-order valence-corrected chi connectivity index (χ0v) is 5.37. The highest BCUT2D eigenvalue weighted by Gasteiger charge is 2.07. The summed E-state index contributed by atoms with van der Waals surface area (Å²) in [6.45, 7) is -0.381. The van der Waals surface area contributed by atoms with E-state index in [9.17, 15) is 4.79 Å². The van der Waals surface area contributed by atoms with Crippen LogP contribution in [0.3, 0.4) is 0 Å². The largest absolute Gasteiger partial charge is 0.480 e.